The van der Waals surface area contributed by atoms with Gasteiger partial charge < -0.3 is 4.74 Å². The number of hydrogen-bond donors (Lipinski definition) is 0. The maximum atomic E-state index is 6.75. The Kier molecular flexibility index (Phi) is 3.94. The monoisotopic (exact) mass is 565 g/mol. The van der Waals surface area contributed by atoms with E-state index in [1.165, 1.54) is 32.9 Å². The van der Waals surface area contributed by atoms with Crippen LogP contribution in [0.25, 0.3) is 55.6 Å². The molecule has 0 saturated carbocycles. The highest BCUT2D eigenvalue weighted by Gasteiger charge is 2.68. The van der Waals surface area contributed by atoms with Gasteiger partial charge in [-0.25, -0.2) is 0 Å². The summed E-state index contributed by atoms with van der Waals surface area (Å²) in [5.74, 6) is 2.90. The average molecular weight is 566 g/mol. The fourth-order valence-corrected chi connectivity index (χ4v) is 7.96. The summed E-state index contributed by atoms with van der Waals surface area (Å²) in [6, 6.07) is 38.9. The van der Waals surface area contributed by atoms with E-state index in [1.54, 1.807) is 0 Å². The van der Waals surface area contributed by atoms with Crippen LogP contribution in [0, 0.1) is 0 Å². The molecule has 6 nitrogen and oxygen atoms in total. The molecule has 0 N–H and O–H groups in total. The minimum atomic E-state index is -0.671. The van der Waals surface area contributed by atoms with Crippen LogP contribution < -0.4 is 14.0 Å². The lowest BCUT2D eigenvalue weighted by Gasteiger charge is -2.32. The lowest BCUT2D eigenvalue weighted by Crippen LogP contribution is -2.76. The summed E-state index contributed by atoms with van der Waals surface area (Å²) in [7, 11) is 0. The van der Waals surface area contributed by atoms with Crippen molar-refractivity contribution in [2.75, 3.05) is 0 Å². The number of nitrogens with zero attached hydrogens (tertiary/aromatic N) is 5. The van der Waals surface area contributed by atoms with Crippen LogP contribution in [0.4, 0.5) is 0 Å². The standard InChI is InChI=1S/C38H23N5O/c1-2-7-30-28(6-1)29-15-16-33-36-37(29)43(30)34-10-3-4-21-40(34)38(36)35-31(8-5-9-32(35)44-33)41-22-27(23-42(38)41)25-13-11-24(12-14-25)26-17-19-39-20-18-26/h1-23H/q+2. The van der Waals surface area contributed by atoms with Crippen LogP contribution in [-0.2, 0) is 5.66 Å². The molecule has 4 aromatic carbocycles. The van der Waals surface area contributed by atoms with Gasteiger partial charge >= 0.3 is 5.66 Å². The van der Waals surface area contributed by atoms with E-state index in [0.29, 0.717) is 0 Å². The zero-order valence-corrected chi connectivity index (χ0v) is 23.4. The minimum absolute atomic E-state index is 0.671. The van der Waals surface area contributed by atoms with E-state index in [4.69, 9.17) is 4.74 Å². The lowest BCUT2D eigenvalue weighted by atomic mass is 9.84. The van der Waals surface area contributed by atoms with Gasteiger partial charge in [-0.05, 0) is 71.3 Å². The summed E-state index contributed by atoms with van der Waals surface area (Å²) < 4.78 is 16.3. The molecule has 0 saturated heterocycles. The molecular weight excluding hydrogens is 542 g/mol. The maximum Gasteiger partial charge on any atom is 0.397 e. The molecule has 0 amide bonds. The van der Waals surface area contributed by atoms with Gasteiger partial charge in [0.2, 0.25) is 6.20 Å². The Bertz CT molecular complexity index is 2530. The molecule has 1 spiro atoms. The number of aromatic nitrogens is 5. The first kappa shape index (κ1) is 22.6. The van der Waals surface area contributed by atoms with Crippen LogP contribution in [-0.4, -0.2) is 14.2 Å². The van der Waals surface area contributed by atoms with Crippen molar-refractivity contribution in [2.24, 2.45) is 0 Å². The molecule has 1 unspecified atom stereocenters. The molecule has 4 aromatic heterocycles. The van der Waals surface area contributed by atoms with Gasteiger partial charge in [0.05, 0.1) is 18.0 Å². The predicted molar refractivity (Wildman–Crippen MR) is 167 cm³/mol. The first-order valence-corrected chi connectivity index (χ1v) is 14.9. The normalized spacial score (nSPS) is 16.5. The number of hydrogen-bond acceptors (Lipinski definition) is 2. The van der Waals surface area contributed by atoms with Gasteiger partial charge in [-0.2, -0.15) is 9.13 Å². The third kappa shape index (κ3) is 2.49. The number of benzene rings is 4. The molecule has 11 rings (SSSR count). The molecule has 6 heteroatoms. The van der Waals surface area contributed by atoms with Crippen LogP contribution in [0.1, 0.15) is 11.1 Å². The quantitative estimate of drug-likeness (QED) is 0.214. The summed E-state index contributed by atoms with van der Waals surface area (Å²) >= 11 is 0. The highest BCUT2D eigenvalue weighted by Crippen LogP contribution is 2.55. The largest absolute Gasteiger partial charge is 0.456 e. The fourth-order valence-electron chi connectivity index (χ4n) is 7.96. The summed E-state index contributed by atoms with van der Waals surface area (Å²) in [6.45, 7) is 0. The Balaban J connectivity index is 1.25. The predicted octanol–water partition coefficient (Wildman–Crippen LogP) is 6.91. The Morgan fingerprint density at radius 1 is 0.636 bits per heavy atom. The van der Waals surface area contributed by atoms with Crippen molar-refractivity contribution in [2.45, 2.75) is 5.66 Å². The second-order valence-electron chi connectivity index (χ2n) is 11.8. The molecule has 8 aromatic rings. The Morgan fingerprint density at radius 2 is 1.41 bits per heavy atom. The van der Waals surface area contributed by atoms with Gasteiger partial charge in [-0.1, -0.05) is 53.2 Å². The summed E-state index contributed by atoms with van der Waals surface area (Å²) in [4.78, 5) is 4.17. The van der Waals surface area contributed by atoms with Gasteiger partial charge in [-0.3, -0.25) is 4.98 Å². The smallest absolute Gasteiger partial charge is 0.397 e. The molecule has 204 valence electrons. The van der Waals surface area contributed by atoms with E-state index in [-0.39, 0.29) is 0 Å². The average Bonchev–Trinajstić information content (AvgIpc) is 3.75. The van der Waals surface area contributed by atoms with Crippen LogP contribution >= 0.6 is 0 Å². The summed E-state index contributed by atoms with van der Waals surface area (Å²) in [5, 5.41) is 2.47. The molecule has 7 heterocycles. The van der Waals surface area contributed by atoms with Crippen molar-refractivity contribution in [3.8, 4) is 45.3 Å². The first-order chi connectivity index (χ1) is 21.8. The zero-order valence-electron chi connectivity index (χ0n) is 23.4. The number of fused-ring (bicyclic) bond motifs is 7. The SMILES string of the molecule is c1cc2c3c(c1)-n1cc(-c4ccc(-c5ccncc5)cc4)c[n+]1C31c3c(ccc4c5ccccc5n(c34)-c3cccc[n+]31)O2. The maximum absolute atomic E-state index is 6.75. The molecular formula is C38H23N5O+2. The second-order valence-corrected chi connectivity index (χ2v) is 11.8. The van der Waals surface area contributed by atoms with Gasteiger partial charge in [0.15, 0.2) is 11.1 Å². The van der Waals surface area contributed by atoms with E-state index in [2.05, 4.69) is 139 Å². The van der Waals surface area contributed by atoms with Gasteiger partial charge in [0, 0.05) is 29.2 Å². The summed E-state index contributed by atoms with van der Waals surface area (Å²) in [6.07, 6.45) is 10.5. The van der Waals surface area contributed by atoms with Gasteiger partial charge in [-0.15, -0.1) is 4.68 Å². The van der Waals surface area contributed by atoms with Crippen molar-refractivity contribution in [1.82, 2.24) is 14.2 Å². The van der Waals surface area contributed by atoms with E-state index in [9.17, 15) is 0 Å². The Labute approximate surface area is 251 Å². The highest BCUT2D eigenvalue weighted by atomic mass is 16.5. The highest BCUT2D eigenvalue weighted by molar-refractivity contribution is 6.11. The number of pyridine rings is 2. The van der Waals surface area contributed by atoms with Crippen LogP contribution in [0.5, 0.6) is 11.5 Å². The Hall–Kier alpha value is -6.01. The first-order valence-electron chi connectivity index (χ1n) is 14.9. The third-order valence-electron chi connectivity index (χ3n) is 9.70. The lowest BCUT2D eigenvalue weighted by molar-refractivity contribution is -0.993. The van der Waals surface area contributed by atoms with Crippen LogP contribution in [0.3, 0.4) is 0 Å². The zero-order chi connectivity index (χ0) is 28.6. The molecule has 1 atom stereocenters. The van der Waals surface area contributed by atoms with Crippen molar-refractivity contribution in [1.29, 1.82) is 0 Å². The summed E-state index contributed by atoms with van der Waals surface area (Å²) in [5.41, 5.74) is 9.82. The van der Waals surface area contributed by atoms with E-state index < -0.39 is 5.66 Å². The van der Waals surface area contributed by atoms with Crippen molar-refractivity contribution in [3.05, 3.63) is 151 Å². The topological polar surface area (TPSA) is 39.7 Å². The molecule has 3 aliphatic rings. The van der Waals surface area contributed by atoms with E-state index in [0.717, 1.165) is 45.3 Å². The second kappa shape index (κ2) is 7.68. The molecule has 0 fully saturated rings. The number of ether oxygens (including phenoxy) is 1. The fraction of sp³-hybridized carbons (Fsp3) is 0.0263. The minimum Gasteiger partial charge on any atom is -0.456 e. The molecule has 0 bridgehead atoms. The van der Waals surface area contributed by atoms with Crippen LogP contribution in [0.15, 0.2) is 140 Å². The van der Waals surface area contributed by atoms with E-state index >= 15 is 0 Å². The van der Waals surface area contributed by atoms with Crippen LogP contribution in [0.2, 0.25) is 0 Å². The number of rotatable bonds is 2. The molecule has 3 aliphatic heterocycles. The molecule has 0 radical (unpaired) electrons. The number of para-hydroxylation sites is 1. The van der Waals surface area contributed by atoms with E-state index in [1.807, 2.05) is 24.5 Å². The van der Waals surface area contributed by atoms with Crippen molar-refractivity contribution < 1.29 is 14.0 Å². The molecule has 0 aliphatic carbocycles. The van der Waals surface area contributed by atoms with Crippen molar-refractivity contribution in [3.63, 3.8) is 0 Å². The third-order valence-corrected chi connectivity index (χ3v) is 9.70. The van der Waals surface area contributed by atoms with Crippen molar-refractivity contribution >= 4 is 21.8 Å². The Morgan fingerprint density at radius 3 is 2.30 bits per heavy atom. The van der Waals surface area contributed by atoms with Gasteiger partial charge in [0.25, 0.3) is 5.82 Å². The molecule has 44 heavy (non-hydrogen) atoms. The van der Waals surface area contributed by atoms with Gasteiger partial charge in [0.1, 0.15) is 28.3 Å².